The lowest BCUT2D eigenvalue weighted by molar-refractivity contribution is -0.113. The first kappa shape index (κ1) is 25.0. The minimum Gasteiger partial charge on any atom is -0.325 e. The number of aryl methyl sites for hydroxylation is 2. The minimum absolute atomic E-state index is 0.0782. The molecule has 0 fully saturated rings. The highest BCUT2D eigenvalue weighted by molar-refractivity contribution is 7.99. The second kappa shape index (κ2) is 11.1. The molecule has 4 rings (SSSR count). The minimum atomic E-state index is -0.0782. The number of halogens is 1. The van der Waals surface area contributed by atoms with Crippen molar-refractivity contribution in [2.45, 2.75) is 45.2 Å². The van der Waals surface area contributed by atoms with E-state index >= 15 is 0 Å². The molecule has 35 heavy (non-hydrogen) atoms. The monoisotopic (exact) mass is 504 g/mol. The Balaban J connectivity index is 1.63. The summed E-state index contributed by atoms with van der Waals surface area (Å²) in [6.45, 7) is 8.44. The number of nitrogens with zero attached hydrogens (tertiary/aromatic N) is 3. The van der Waals surface area contributed by atoms with Crippen LogP contribution in [0.4, 0.5) is 5.69 Å². The molecule has 0 bridgehead atoms. The molecule has 1 unspecified atom stereocenters. The topological polar surface area (TPSA) is 59.8 Å². The van der Waals surface area contributed by atoms with Crippen molar-refractivity contribution < 1.29 is 4.79 Å². The van der Waals surface area contributed by atoms with E-state index in [2.05, 4.69) is 67.5 Å². The van der Waals surface area contributed by atoms with Crippen molar-refractivity contribution in [2.24, 2.45) is 0 Å². The molecule has 0 spiro atoms. The van der Waals surface area contributed by atoms with Crippen LogP contribution in [-0.2, 0) is 4.79 Å². The molecule has 1 N–H and O–H groups in total. The molecule has 1 aromatic heterocycles. The van der Waals surface area contributed by atoms with Gasteiger partial charge in [-0.1, -0.05) is 79.7 Å². The molecule has 1 amide bonds. The van der Waals surface area contributed by atoms with Gasteiger partial charge < -0.3 is 5.32 Å². The fraction of sp³-hybridized carbons (Fsp3) is 0.250. The molecule has 0 saturated heterocycles. The first-order valence-electron chi connectivity index (χ1n) is 11.7. The third-order valence-electron chi connectivity index (χ3n) is 6.03. The Labute approximate surface area is 215 Å². The van der Waals surface area contributed by atoms with E-state index in [1.54, 1.807) is 0 Å². The first-order valence-corrected chi connectivity index (χ1v) is 13.0. The number of rotatable bonds is 8. The van der Waals surface area contributed by atoms with Crippen molar-refractivity contribution in [3.63, 3.8) is 0 Å². The quantitative estimate of drug-likeness (QED) is 0.253. The Bertz CT molecular complexity index is 1350. The van der Waals surface area contributed by atoms with Crippen LogP contribution in [0.25, 0.3) is 17.1 Å². The molecule has 0 saturated carbocycles. The summed E-state index contributed by atoms with van der Waals surface area (Å²) < 4.78 is 2.01. The number of nitrogens with one attached hydrogen (secondary N) is 1. The van der Waals surface area contributed by atoms with Gasteiger partial charge >= 0.3 is 0 Å². The van der Waals surface area contributed by atoms with Crippen LogP contribution in [-0.4, -0.2) is 26.4 Å². The lowest BCUT2D eigenvalue weighted by Gasteiger charge is -2.16. The van der Waals surface area contributed by atoms with E-state index in [9.17, 15) is 4.79 Å². The Kier molecular flexibility index (Phi) is 7.93. The molecule has 3 aromatic carbocycles. The van der Waals surface area contributed by atoms with E-state index in [4.69, 9.17) is 11.6 Å². The molecule has 5 nitrogen and oxygen atoms in total. The molecule has 4 aromatic rings. The molecule has 1 heterocycles. The summed E-state index contributed by atoms with van der Waals surface area (Å²) in [5.74, 6) is 1.19. The van der Waals surface area contributed by atoms with Gasteiger partial charge in [0.05, 0.1) is 11.4 Å². The number of thioether (sulfide) groups is 1. The van der Waals surface area contributed by atoms with Gasteiger partial charge in [-0.15, -0.1) is 10.2 Å². The molecule has 0 aliphatic rings. The number of para-hydroxylation sites is 1. The van der Waals surface area contributed by atoms with Crippen molar-refractivity contribution in [1.82, 2.24) is 14.8 Å². The van der Waals surface area contributed by atoms with E-state index < -0.39 is 0 Å². The standard InChI is InChI=1S/C28H29ClN4OS/c1-5-19(3)23-11-6-7-12-24(23)30-26(34)17-35-28-32-31-27(21-9-8-10-22(29)16-21)33(28)25-15-18(2)13-14-20(25)4/h6-16,19H,5,17H2,1-4H3,(H,30,34). The molecule has 7 heteroatoms. The number of anilines is 1. The van der Waals surface area contributed by atoms with E-state index in [0.29, 0.717) is 21.9 Å². The van der Waals surface area contributed by atoms with Crippen molar-refractivity contribution in [3.8, 4) is 17.1 Å². The maximum absolute atomic E-state index is 12.9. The lowest BCUT2D eigenvalue weighted by atomic mass is 9.97. The number of aromatic nitrogens is 3. The van der Waals surface area contributed by atoms with E-state index in [0.717, 1.165) is 40.0 Å². The van der Waals surface area contributed by atoms with Crippen molar-refractivity contribution in [3.05, 3.63) is 88.4 Å². The summed E-state index contributed by atoms with van der Waals surface area (Å²) in [6.07, 6.45) is 1.01. The maximum Gasteiger partial charge on any atom is 0.234 e. The van der Waals surface area contributed by atoms with Gasteiger partial charge in [-0.25, -0.2) is 0 Å². The van der Waals surface area contributed by atoms with Gasteiger partial charge in [-0.05, 0) is 67.1 Å². The van der Waals surface area contributed by atoms with E-state index in [-0.39, 0.29) is 11.7 Å². The highest BCUT2D eigenvalue weighted by atomic mass is 35.5. The number of benzene rings is 3. The Morgan fingerprint density at radius 2 is 1.86 bits per heavy atom. The van der Waals surface area contributed by atoms with Crippen molar-refractivity contribution in [1.29, 1.82) is 0 Å². The number of amides is 1. The van der Waals surface area contributed by atoms with Gasteiger partial charge in [0.15, 0.2) is 11.0 Å². The highest BCUT2D eigenvalue weighted by Gasteiger charge is 2.19. The highest BCUT2D eigenvalue weighted by Crippen LogP contribution is 2.32. The van der Waals surface area contributed by atoms with Gasteiger partial charge in [0.2, 0.25) is 5.91 Å². The van der Waals surface area contributed by atoms with Crippen LogP contribution in [0, 0.1) is 13.8 Å². The van der Waals surface area contributed by atoms with Crippen LogP contribution < -0.4 is 5.32 Å². The third-order valence-corrected chi connectivity index (χ3v) is 7.20. The molecule has 0 aliphatic carbocycles. The van der Waals surface area contributed by atoms with Crippen molar-refractivity contribution in [2.75, 3.05) is 11.1 Å². The predicted octanol–water partition coefficient (Wildman–Crippen LogP) is 7.45. The summed E-state index contributed by atoms with van der Waals surface area (Å²) >= 11 is 7.63. The smallest absolute Gasteiger partial charge is 0.234 e. The number of hydrogen-bond acceptors (Lipinski definition) is 4. The summed E-state index contributed by atoms with van der Waals surface area (Å²) in [6, 6.07) is 21.8. The molecule has 0 radical (unpaired) electrons. The zero-order valence-corrected chi connectivity index (χ0v) is 22.0. The summed E-state index contributed by atoms with van der Waals surface area (Å²) in [5, 5.41) is 13.3. The fourth-order valence-corrected chi connectivity index (χ4v) is 4.87. The molecule has 0 aliphatic heterocycles. The van der Waals surface area contributed by atoms with Gasteiger partial charge in [-0.3, -0.25) is 9.36 Å². The first-order chi connectivity index (χ1) is 16.9. The van der Waals surface area contributed by atoms with Crippen LogP contribution in [0.3, 0.4) is 0 Å². The average molecular weight is 505 g/mol. The maximum atomic E-state index is 12.9. The van der Waals surface area contributed by atoms with Gasteiger partial charge in [0.25, 0.3) is 0 Å². The average Bonchev–Trinajstić information content (AvgIpc) is 3.28. The van der Waals surface area contributed by atoms with Crippen LogP contribution in [0.1, 0.15) is 42.9 Å². The largest absolute Gasteiger partial charge is 0.325 e. The molecular weight excluding hydrogens is 476 g/mol. The van der Waals surface area contributed by atoms with E-state index in [1.165, 1.54) is 11.8 Å². The summed E-state index contributed by atoms with van der Waals surface area (Å²) in [7, 11) is 0. The zero-order valence-electron chi connectivity index (χ0n) is 20.4. The molecular formula is C28H29ClN4OS. The Morgan fingerprint density at radius 1 is 1.06 bits per heavy atom. The van der Waals surface area contributed by atoms with Crippen LogP contribution in [0.5, 0.6) is 0 Å². The fourth-order valence-electron chi connectivity index (χ4n) is 3.93. The second-order valence-electron chi connectivity index (χ2n) is 8.68. The third kappa shape index (κ3) is 5.77. The zero-order chi connectivity index (χ0) is 24.9. The number of hydrogen-bond donors (Lipinski definition) is 1. The predicted molar refractivity (Wildman–Crippen MR) is 146 cm³/mol. The Hall–Kier alpha value is -3.09. The van der Waals surface area contributed by atoms with Crippen LogP contribution in [0.15, 0.2) is 71.9 Å². The second-order valence-corrected chi connectivity index (χ2v) is 10.1. The van der Waals surface area contributed by atoms with Gasteiger partial charge in [0.1, 0.15) is 0 Å². The van der Waals surface area contributed by atoms with Crippen LogP contribution >= 0.6 is 23.4 Å². The normalized spacial score (nSPS) is 11.9. The SMILES string of the molecule is CCC(C)c1ccccc1NC(=O)CSc1nnc(-c2cccc(Cl)c2)n1-c1cc(C)ccc1C. The summed E-state index contributed by atoms with van der Waals surface area (Å²) in [4.78, 5) is 12.9. The number of carbonyl (C=O) groups is 1. The number of carbonyl (C=O) groups excluding carboxylic acids is 1. The molecule has 180 valence electrons. The van der Waals surface area contributed by atoms with E-state index in [1.807, 2.05) is 47.0 Å². The van der Waals surface area contributed by atoms with Crippen molar-refractivity contribution >= 4 is 35.0 Å². The van der Waals surface area contributed by atoms with Gasteiger partial charge in [-0.2, -0.15) is 0 Å². The van der Waals surface area contributed by atoms with Gasteiger partial charge in [0, 0.05) is 16.3 Å². The molecule has 1 atom stereocenters. The van der Waals surface area contributed by atoms with Crippen LogP contribution in [0.2, 0.25) is 5.02 Å². The lowest BCUT2D eigenvalue weighted by Crippen LogP contribution is -2.16. The summed E-state index contributed by atoms with van der Waals surface area (Å²) in [5.41, 5.74) is 6.08. The Morgan fingerprint density at radius 3 is 2.63 bits per heavy atom.